The van der Waals surface area contributed by atoms with E-state index in [0.717, 1.165) is 11.0 Å². The van der Waals surface area contributed by atoms with Crippen LogP contribution in [0.5, 0.6) is 5.88 Å². The van der Waals surface area contributed by atoms with Crippen LogP contribution in [-0.4, -0.2) is 44.9 Å². The summed E-state index contributed by atoms with van der Waals surface area (Å²) in [5, 5.41) is 11.1. The summed E-state index contributed by atoms with van der Waals surface area (Å²) in [5.41, 5.74) is 2.42. The predicted molar refractivity (Wildman–Crippen MR) is 107 cm³/mol. The van der Waals surface area contributed by atoms with Crippen LogP contribution in [0.15, 0.2) is 48.7 Å². The minimum absolute atomic E-state index is 0.0380. The van der Waals surface area contributed by atoms with Crippen LogP contribution in [0.3, 0.4) is 0 Å². The van der Waals surface area contributed by atoms with Crippen LogP contribution in [0.2, 0.25) is 0 Å². The van der Waals surface area contributed by atoms with Gasteiger partial charge in [-0.25, -0.2) is 9.97 Å². The fourth-order valence-corrected chi connectivity index (χ4v) is 3.47. The summed E-state index contributed by atoms with van der Waals surface area (Å²) in [7, 11) is 0. The maximum absolute atomic E-state index is 12.7. The summed E-state index contributed by atoms with van der Waals surface area (Å²) >= 11 is 0. The summed E-state index contributed by atoms with van der Waals surface area (Å²) in [6, 6.07) is 12.2. The molecule has 3 aromatic rings. The Morgan fingerprint density at radius 3 is 2.62 bits per heavy atom. The van der Waals surface area contributed by atoms with Gasteiger partial charge in [0, 0.05) is 43.1 Å². The number of amides is 1. The third-order valence-corrected chi connectivity index (χ3v) is 5.10. The first kappa shape index (κ1) is 18.8. The molecule has 2 heterocycles. The first-order valence-electron chi connectivity index (χ1n) is 9.44. The summed E-state index contributed by atoms with van der Waals surface area (Å²) in [6.07, 6.45) is 2.88. The molecule has 1 saturated heterocycles. The second-order valence-corrected chi connectivity index (χ2v) is 7.06. The zero-order chi connectivity index (χ0) is 20.4. The van der Waals surface area contributed by atoms with Crippen LogP contribution in [0, 0.1) is 17.0 Å². The van der Waals surface area contributed by atoms with Crippen molar-refractivity contribution in [2.75, 3.05) is 13.1 Å². The fraction of sp³-hybridized carbons (Fsp3) is 0.286. The number of aryl methyl sites for hydroxylation is 1. The zero-order valence-corrected chi connectivity index (χ0v) is 15.9. The van der Waals surface area contributed by atoms with Crippen molar-refractivity contribution in [2.45, 2.75) is 25.9 Å². The number of carbonyl (C=O) groups is 1. The molecule has 2 aromatic carbocycles. The van der Waals surface area contributed by atoms with Crippen molar-refractivity contribution < 1.29 is 14.5 Å². The van der Waals surface area contributed by atoms with Gasteiger partial charge < -0.3 is 9.64 Å². The van der Waals surface area contributed by atoms with Crippen molar-refractivity contribution >= 4 is 22.6 Å². The fourth-order valence-electron chi connectivity index (χ4n) is 3.47. The number of carbonyl (C=O) groups excluding carboxylic acids is 1. The van der Waals surface area contributed by atoms with E-state index < -0.39 is 4.92 Å². The number of nitrogens with zero attached hydrogens (tertiary/aromatic N) is 4. The Morgan fingerprint density at radius 1 is 1.17 bits per heavy atom. The number of hydrogen-bond acceptors (Lipinski definition) is 6. The van der Waals surface area contributed by atoms with Crippen molar-refractivity contribution in [1.82, 2.24) is 14.9 Å². The number of para-hydroxylation sites is 2. The Labute approximate surface area is 167 Å². The molecule has 0 radical (unpaired) electrons. The first-order valence-corrected chi connectivity index (χ1v) is 9.44. The highest BCUT2D eigenvalue weighted by Gasteiger charge is 2.26. The largest absolute Gasteiger partial charge is 0.473 e. The van der Waals surface area contributed by atoms with Crippen molar-refractivity contribution in [3.8, 4) is 5.88 Å². The molecule has 0 aliphatic carbocycles. The minimum Gasteiger partial charge on any atom is -0.473 e. The van der Waals surface area contributed by atoms with Crippen molar-refractivity contribution in [3.05, 3.63) is 69.9 Å². The van der Waals surface area contributed by atoms with Crippen LogP contribution >= 0.6 is 0 Å². The lowest BCUT2D eigenvalue weighted by atomic mass is 10.0. The molecule has 1 aromatic heterocycles. The second kappa shape index (κ2) is 7.83. The Balaban J connectivity index is 1.39. The second-order valence-electron chi connectivity index (χ2n) is 7.06. The Kier molecular flexibility index (Phi) is 5.07. The standard InChI is InChI=1S/C21H20N4O4/c1-14-6-7-15(12-19(14)25(27)28)21(26)24-10-8-16(9-11-24)29-20-13-22-17-4-2-3-5-18(17)23-20/h2-7,12-13,16H,8-11H2,1H3. The van der Waals surface area contributed by atoms with E-state index in [1.807, 2.05) is 24.3 Å². The van der Waals surface area contributed by atoms with Gasteiger partial charge in [-0.3, -0.25) is 14.9 Å². The van der Waals surface area contributed by atoms with E-state index in [1.165, 1.54) is 6.07 Å². The lowest BCUT2D eigenvalue weighted by molar-refractivity contribution is -0.385. The van der Waals surface area contributed by atoms with Gasteiger partial charge in [0.2, 0.25) is 5.88 Å². The molecule has 0 atom stereocenters. The molecule has 1 amide bonds. The molecule has 0 saturated carbocycles. The van der Waals surface area contributed by atoms with E-state index in [4.69, 9.17) is 4.74 Å². The smallest absolute Gasteiger partial charge is 0.273 e. The van der Waals surface area contributed by atoms with Crippen molar-refractivity contribution in [1.29, 1.82) is 0 Å². The number of likely N-dealkylation sites (tertiary alicyclic amines) is 1. The first-order chi connectivity index (χ1) is 14.0. The average Bonchev–Trinajstić information content (AvgIpc) is 2.74. The van der Waals surface area contributed by atoms with Crippen LogP contribution in [0.4, 0.5) is 5.69 Å². The summed E-state index contributed by atoms with van der Waals surface area (Å²) < 4.78 is 5.96. The topological polar surface area (TPSA) is 98.5 Å². The van der Waals surface area contributed by atoms with E-state index in [1.54, 1.807) is 30.2 Å². The van der Waals surface area contributed by atoms with Gasteiger partial charge in [0.05, 0.1) is 22.2 Å². The Hall–Kier alpha value is -3.55. The van der Waals surface area contributed by atoms with Crippen LogP contribution in [-0.2, 0) is 0 Å². The normalized spacial score (nSPS) is 14.7. The van der Waals surface area contributed by atoms with Gasteiger partial charge in [-0.1, -0.05) is 18.2 Å². The number of benzene rings is 2. The number of nitro groups is 1. The molecule has 8 nitrogen and oxygen atoms in total. The monoisotopic (exact) mass is 392 g/mol. The lowest BCUT2D eigenvalue weighted by Gasteiger charge is -2.32. The molecular formula is C21H20N4O4. The predicted octanol–water partition coefficient (Wildman–Crippen LogP) is 3.53. The van der Waals surface area contributed by atoms with E-state index in [-0.39, 0.29) is 17.7 Å². The number of aromatic nitrogens is 2. The molecule has 1 aliphatic rings. The number of rotatable bonds is 4. The summed E-state index contributed by atoms with van der Waals surface area (Å²) in [4.78, 5) is 33.9. The quantitative estimate of drug-likeness (QED) is 0.498. The number of nitro benzene ring substituents is 1. The van der Waals surface area contributed by atoms with E-state index in [0.29, 0.717) is 42.9 Å². The number of ether oxygens (including phenoxy) is 1. The summed E-state index contributed by atoms with van der Waals surface area (Å²) in [6.45, 7) is 2.70. The molecule has 0 bridgehead atoms. The Bertz CT molecular complexity index is 1080. The maximum Gasteiger partial charge on any atom is 0.273 e. The highest BCUT2D eigenvalue weighted by atomic mass is 16.6. The van der Waals surface area contributed by atoms with Crippen molar-refractivity contribution in [2.24, 2.45) is 0 Å². The van der Waals surface area contributed by atoms with Gasteiger partial charge >= 0.3 is 0 Å². The van der Waals surface area contributed by atoms with Gasteiger partial charge in [0.15, 0.2) is 0 Å². The number of piperidine rings is 1. The number of fused-ring (bicyclic) bond motifs is 1. The highest BCUT2D eigenvalue weighted by Crippen LogP contribution is 2.23. The zero-order valence-electron chi connectivity index (χ0n) is 15.9. The molecule has 0 unspecified atom stereocenters. The van der Waals surface area contributed by atoms with Gasteiger partial charge in [0.1, 0.15) is 6.10 Å². The van der Waals surface area contributed by atoms with E-state index in [2.05, 4.69) is 9.97 Å². The van der Waals surface area contributed by atoms with Gasteiger partial charge in [0.25, 0.3) is 11.6 Å². The highest BCUT2D eigenvalue weighted by molar-refractivity contribution is 5.95. The maximum atomic E-state index is 12.7. The average molecular weight is 392 g/mol. The molecule has 0 N–H and O–H groups in total. The molecule has 8 heteroatoms. The van der Waals surface area contributed by atoms with Crippen LogP contribution < -0.4 is 4.74 Å². The molecule has 4 rings (SSSR count). The van der Waals surface area contributed by atoms with E-state index >= 15 is 0 Å². The SMILES string of the molecule is Cc1ccc(C(=O)N2CCC(Oc3cnc4ccccc4n3)CC2)cc1[N+](=O)[O-]. The lowest BCUT2D eigenvalue weighted by Crippen LogP contribution is -2.41. The molecule has 1 aliphatic heterocycles. The molecule has 1 fully saturated rings. The van der Waals surface area contributed by atoms with Crippen LogP contribution in [0.25, 0.3) is 11.0 Å². The minimum atomic E-state index is -0.462. The van der Waals surface area contributed by atoms with Crippen LogP contribution in [0.1, 0.15) is 28.8 Å². The molecule has 148 valence electrons. The van der Waals surface area contributed by atoms with Gasteiger partial charge in [-0.2, -0.15) is 0 Å². The number of hydrogen-bond donors (Lipinski definition) is 0. The molecule has 0 spiro atoms. The summed E-state index contributed by atoms with van der Waals surface area (Å²) in [5.74, 6) is 0.277. The third kappa shape index (κ3) is 4.01. The van der Waals surface area contributed by atoms with Gasteiger partial charge in [-0.05, 0) is 25.1 Å². The molecule has 29 heavy (non-hydrogen) atoms. The third-order valence-electron chi connectivity index (χ3n) is 5.10. The van der Waals surface area contributed by atoms with E-state index in [9.17, 15) is 14.9 Å². The Morgan fingerprint density at radius 2 is 1.90 bits per heavy atom. The van der Waals surface area contributed by atoms with Gasteiger partial charge in [-0.15, -0.1) is 0 Å². The molecular weight excluding hydrogens is 372 g/mol. The van der Waals surface area contributed by atoms with Crippen molar-refractivity contribution in [3.63, 3.8) is 0 Å².